The zero-order valence-electron chi connectivity index (χ0n) is 16.2. The van der Waals surface area contributed by atoms with Gasteiger partial charge in [-0.05, 0) is 6.42 Å². The maximum Gasteiger partial charge on any atom is 0.303 e. The molecule has 0 bridgehead atoms. The predicted octanol–water partition coefficient (Wildman–Crippen LogP) is 0.871. The Morgan fingerprint density at radius 3 is 1.86 bits per heavy atom. The summed E-state index contributed by atoms with van der Waals surface area (Å²) in [4.78, 5) is 46.0. The number of alkyl halides is 1. The Bertz CT molecular complexity index is 566. The Morgan fingerprint density at radius 2 is 1.36 bits per heavy atom. The largest absolute Gasteiger partial charge is 0.463 e. The van der Waals surface area contributed by atoms with Crippen molar-refractivity contribution in [3.8, 4) is 0 Å². The Morgan fingerprint density at radius 1 is 0.821 bits per heavy atom. The first kappa shape index (κ1) is 24.3. The van der Waals surface area contributed by atoms with Crippen molar-refractivity contribution >= 4 is 39.8 Å². The zero-order chi connectivity index (χ0) is 21.3. The minimum Gasteiger partial charge on any atom is -0.463 e. The van der Waals surface area contributed by atoms with Gasteiger partial charge in [-0.15, -0.1) is 0 Å². The molecule has 0 N–H and O–H groups in total. The molecule has 0 spiro atoms. The van der Waals surface area contributed by atoms with Crippen molar-refractivity contribution < 1.29 is 47.6 Å². The van der Waals surface area contributed by atoms with E-state index in [1.807, 2.05) is 0 Å². The molecular formula is C17H25BrO10. The standard InChI is InChI=1S/C17H25BrO10/c1-9(19)24-8-13-14(25-10(2)20)15(26-11(3)21)16(27-12(4)22)17(28-13)23-7-5-6-18/h13-17H,5-8H2,1-4H3/t13?,14-,15?,16?,17-/m1/s1. The molecule has 11 heteroatoms. The summed E-state index contributed by atoms with van der Waals surface area (Å²) in [5.41, 5.74) is 0. The topological polar surface area (TPSA) is 124 Å². The first-order valence-corrected chi connectivity index (χ1v) is 9.75. The van der Waals surface area contributed by atoms with Gasteiger partial charge in [0, 0.05) is 33.0 Å². The van der Waals surface area contributed by atoms with Gasteiger partial charge in [0.15, 0.2) is 24.6 Å². The molecule has 0 aliphatic carbocycles. The van der Waals surface area contributed by atoms with Crippen molar-refractivity contribution in [3.05, 3.63) is 0 Å². The van der Waals surface area contributed by atoms with E-state index in [2.05, 4.69) is 15.9 Å². The number of esters is 4. The van der Waals surface area contributed by atoms with E-state index in [4.69, 9.17) is 28.4 Å². The summed E-state index contributed by atoms with van der Waals surface area (Å²) < 4.78 is 32.2. The second kappa shape index (κ2) is 12.0. The second-order valence-electron chi connectivity index (χ2n) is 5.98. The zero-order valence-corrected chi connectivity index (χ0v) is 17.8. The third-order valence-corrected chi connectivity index (χ3v) is 4.07. The Hall–Kier alpha value is -1.72. The van der Waals surface area contributed by atoms with E-state index >= 15 is 0 Å². The number of carbonyl (C=O) groups is 4. The van der Waals surface area contributed by atoms with Crippen LogP contribution in [0.3, 0.4) is 0 Å². The predicted molar refractivity (Wildman–Crippen MR) is 96.3 cm³/mol. The normalized spacial score (nSPS) is 26.8. The quantitative estimate of drug-likeness (QED) is 0.208. The van der Waals surface area contributed by atoms with Crippen LogP contribution < -0.4 is 0 Å². The Balaban J connectivity index is 3.21. The Kier molecular flexibility index (Phi) is 10.4. The fraction of sp³-hybridized carbons (Fsp3) is 0.765. The molecule has 1 saturated heterocycles. The monoisotopic (exact) mass is 468 g/mol. The van der Waals surface area contributed by atoms with Crippen molar-refractivity contribution in [2.45, 2.75) is 64.8 Å². The van der Waals surface area contributed by atoms with E-state index in [-0.39, 0.29) is 13.2 Å². The lowest BCUT2D eigenvalue weighted by Crippen LogP contribution is -2.63. The number of hydrogen-bond acceptors (Lipinski definition) is 10. The van der Waals surface area contributed by atoms with Crippen LogP contribution in [0.2, 0.25) is 0 Å². The SMILES string of the molecule is CC(=O)OCC1O[C@@H](OCCCBr)C(OC(C)=O)C(OC(C)=O)[C@@H]1OC(C)=O. The third kappa shape index (κ3) is 8.11. The van der Waals surface area contributed by atoms with E-state index < -0.39 is 54.6 Å². The molecule has 0 aromatic carbocycles. The smallest absolute Gasteiger partial charge is 0.303 e. The van der Waals surface area contributed by atoms with Crippen LogP contribution in [-0.4, -0.2) is 73.1 Å². The average Bonchev–Trinajstić information content (AvgIpc) is 2.57. The van der Waals surface area contributed by atoms with E-state index in [1.165, 1.54) is 13.8 Å². The molecule has 1 heterocycles. The van der Waals surface area contributed by atoms with Crippen molar-refractivity contribution in [2.75, 3.05) is 18.5 Å². The van der Waals surface area contributed by atoms with Gasteiger partial charge in [-0.3, -0.25) is 19.2 Å². The number of halogens is 1. The van der Waals surface area contributed by atoms with Gasteiger partial charge in [0.2, 0.25) is 0 Å². The van der Waals surface area contributed by atoms with Crippen LogP contribution in [0, 0.1) is 0 Å². The van der Waals surface area contributed by atoms with Gasteiger partial charge in [0.25, 0.3) is 0 Å². The molecular weight excluding hydrogens is 444 g/mol. The van der Waals surface area contributed by atoms with Crippen LogP contribution in [0.1, 0.15) is 34.1 Å². The van der Waals surface area contributed by atoms with Gasteiger partial charge in [-0.1, -0.05) is 15.9 Å². The maximum absolute atomic E-state index is 11.6. The molecule has 1 aliphatic rings. The highest BCUT2D eigenvalue weighted by atomic mass is 79.9. The highest BCUT2D eigenvalue weighted by Gasteiger charge is 2.52. The van der Waals surface area contributed by atoms with Crippen LogP contribution in [0.5, 0.6) is 0 Å². The summed E-state index contributed by atoms with van der Waals surface area (Å²) in [6.07, 6.45) is -5.07. The Labute approximate surface area is 171 Å². The molecule has 0 saturated carbocycles. The second-order valence-corrected chi connectivity index (χ2v) is 6.77. The summed E-state index contributed by atoms with van der Waals surface area (Å²) in [6.45, 7) is 4.67. The van der Waals surface area contributed by atoms with Crippen molar-refractivity contribution in [1.29, 1.82) is 0 Å². The summed E-state index contributed by atoms with van der Waals surface area (Å²) in [6, 6.07) is 0. The van der Waals surface area contributed by atoms with E-state index in [0.717, 1.165) is 13.8 Å². The first-order chi connectivity index (χ1) is 13.1. The minimum atomic E-state index is -1.21. The van der Waals surface area contributed by atoms with Gasteiger partial charge in [-0.2, -0.15) is 0 Å². The number of ether oxygens (including phenoxy) is 6. The lowest BCUT2D eigenvalue weighted by Gasteiger charge is -2.44. The summed E-state index contributed by atoms with van der Waals surface area (Å²) in [5.74, 6) is -2.61. The highest BCUT2D eigenvalue weighted by Crippen LogP contribution is 2.30. The third-order valence-electron chi connectivity index (χ3n) is 3.51. The molecule has 0 aromatic heterocycles. The van der Waals surface area contributed by atoms with Crippen LogP contribution in [0.4, 0.5) is 0 Å². The van der Waals surface area contributed by atoms with Gasteiger partial charge in [0.1, 0.15) is 12.7 Å². The van der Waals surface area contributed by atoms with Gasteiger partial charge in [0.05, 0.1) is 6.61 Å². The van der Waals surface area contributed by atoms with E-state index in [1.54, 1.807) is 0 Å². The molecule has 0 aromatic rings. The van der Waals surface area contributed by atoms with Crippen LogP contribution in [0.15, 0.2) is 0 Å². The minimum absolute atomic E-state index is 0.249. The molecule has 0 amide bonds. The van der Waals surface area contributed by atoms with Crippen LogP contribution >= 0.6 is 15.9 Å². The highest BCUT2D eigenvalue weighted by molar-refractivity contribution is 9.09. The van der Waals surface area contributed by atoms with Gasteiger partial charge in [-0.25, -0.2) is 0 Å². The average molecular weight is 469 g/mol. The maximum atomic E-state index is 11.6. The first-order valence-electron chi connectivity index (χ1n) is 8.63. The molecule has 1 rings (SSSR count). The molecule has 28 heavy (non-hydrogen) atoms. The summed E-state index contributed by atoms with van der Waals surface area (Å²) in [7, 11) is 0. The van der Waals surface area contributed by atoms with Gasteiger partial charge >= 0.3 is 23.9 Å². The molecule has 0 radical (unpaired) electrons. The molecule has 1 aliphatic heterocycles. The number of rotatable bonds is 9. The van der Waals surface area contributed by atoms with E-state index in [0.29, 0.717) is 11.8 Å². The fourth-order valence-corrected chi connectivity index (χ4v) is 2.81. The fourth-order valence-electron chi connectivity index (χ4n) is 2.58. The van der Waals surface area contributed by atoms with Crippen LogP contribution in [0.25, 0.3) is 0 Å². The summed E-state index contributed by atoms with van der Waals surface area (Å²) >= 11 is 3.27. The molecule has 10 nitrogen and oxygen atoms in total. The molecule has 3 unspecified atom stereocenters. The molecule has 160 valence electrons. The van der Waals surface area contributed by atoms with Gasteiger partial charge < -0.3 is 28.4 Å². The lowest BCUT2D eigenvalue weighted by atomic mass is 9.98. The summed E-state index contributed by atoms with van der Waals surface area (Å²) in [5, 5.41) is 0.665. The van der Waals surface area contributed by atoms with Crippen molar-refractivity contribution in [3.63, 3.8) is 0 Å². The van der Waals surface area contributed by atoms with E-state index in [9.17, 15) is 19.2 Å². The lowest BCUT2D eigenvalue weighted by molar-refractivity contribution is -0.308. The number of hydrogen-bond donors (Lipinski definition) is 0. The van der Waals surface area contributed by atoms with Crippen molar-refractivity contribution in [1.82, 2.24) is 0 Å². The number of carbonyl (C=O) groups excluding carboxylic acids is 4. The molecule has 5 atom stereocenters. The van der Waals surface area contributed by atoms with Crippen molar-refractivity contribution in [2.24, 2.45) is 0 Å². The van der Waals surface area contributed by atoms with Crippen LogP contribution in [-0.2, 0) is 47.6 Å². The molecule has 1 fully saturated rings.